The number of nitrogens with one attached hydrogen (secondary N) is 1. The highest BCUT2D eigenvalue weighted by molar-refractivity contribution is 9.18. The number of rotatable bonds is 2. The van der Waals surface area contributed by atoms with Gasteiger partial charge in [0.15, 0.2) is 17.0 Å². The second kappa shape index (κ2) is 3.85. The molecule has 2 rings (SSSR count). The lowest BCUT2D eigenvalue weighted by molar-refractivity contribution is -0.127. The van der Waals surface area contributed by atoms with Crippen LogP contribution >= 0.6 is 15.9 Å². The van der Waals surface area contributed by atoms with Gasteiger partial charge in [0.1, 0.15) is 6.29 Å². The first-order chi connectivity index (χ1) is 7.56. The fourth-order valence-electron chi connectivity index (χ4n) is 1.76. The number of carbonyl (C=O) groups excluding carboxylic acids is 3. The van der Waals surface area contributed by atoms with E-state index in [4.69, 9.17) is 0 Å². The maximum atomic E-state index is 11.7. The molecule has 2 aliphatic rings. The Morgan fingerprint density at radius 1 is 1.56 bits per heavy atom. The van der Waals surface area contributed by atoms with Gasteiger partial charge in [-0.15, -0.1) is 0 Å². The van der Waals surface area contributed by atoms with Crippen molar-refractivity contribution in [3.05, 3.63) is 0 Å². The highest BCUT2D eigenvalue weighted by Crippen LogP contribution is 2.25. The van der Waals surface area contributed by atoms with Crippen LogP contribution in [-0.2, 0) is 9.59 Å². The maximum absolute atomic E-state index is 11.7. The van der Waals surface area contributed by atoms with Crippen molar-refractivity contribution in [3.63, 3.8) is 0 Å². The van der Waals surface area contributed by atoms with Crippen LogP contribution in [0.2, 0.25) is 0 Å². The summed E-state index contributed by atoms with van der Waals surface area (Å²) in [4.78, 5) is 40.5. The van der Waals surface area contributed by atoms with Crippen LogP contribution < -0.4 is 5.32 Å². The molecule has 2 aliphatic heterocycles. The summed E-state index contributed by atoms with van der Waals surface area (Å²) >= 11 is 3.17. The molecule has 2 unspecified atom stereocenters. The fraction of sp³-hybridized carbons (Fsp3) is 0.500. The number of fused-ring (bicyclic) bond motifs is 1. The van der Waals surface area contributed by atoms with Crippen LogP contribution in [0.3, 0.4) is 0 Å². The molecule has 0 aromatic rings. The zero-order valence-corrected chi connectivity index (χ0v) is 9.97. The molecule has 0 radical (unpaired) electrons. The number of aldehydes is 1. The molecule has 3 amide bonds. The van der Waals surface area contributed by atoms with Gasteiger partial charge in [-0.3, -0.25) is 10.1 Å². The fourth-order valence-corrected chi connectivity index (χ4v) is 2.34. The number of imide groups is 1. The average molecular weight is 289 g/mol. The summed E-state index contributed by atoms with van der Waals surface area (Å²) in [5, 5.41) is 2.21. The van der Waals surface area contributed by atoms with Crippen molar-refractivity contribution in [2.24, 2.45) is 4.99 Å². The molecule has 8 heteroatoms. The highest BCUT2D eigenvalue weighted by atomic mass is 79.9. The minimum atomic E-state index is -0.637. The molecule has 1 fully saturated rings. The Morgan fingerprint density at radius 3 is 2.88 bits per heavy atom. The Labute approximate surface area is 99.6 Å². The molecular weight excluding hydrogens is 280 g/mol. The lowest BCUT2D eigenvalue weighted by atomic mass is 10.1. The second-order valence-electron chi connectivity index (χ2n) is 3.48. The highest BCUT2D eigenvalue weighted by Gasteiger charge is 2.47. The molecule has 0 saturated carbocycles. The molecule has 2 heterocycles. The molecule has 0 aliphatic carbocycles. The van der Waals surface area contributed by atoms with Crippen LogP contribution in [0.1, 0.15) is 0 Å². The van der Waals surface area contributed by atoms with E-state index in [0.29, 0.717) is 11.0 Å². The van der Waals surface area contributed by atoms with Crippen molar-refractivity contribution in [1.82, 2.24) is 15.1 Å². The third-order valence-corrected chi connectivity index (χ3v) is 3.24. The van der Waals surface area contributed by atoms with E-state index < -0.39 is 24.1 Å². The summed E-state index contributed by atoms with van der Waals surface area (Å²) < 4.78 is 0.409. The number of amidine groups is 1. The van der Waals surface area contributed by atoms with E-state index in [1.807, 2.05) is 0 Å². The minimum absolute atomic E-state index is 0.0563. The predicted molar refractivity (Wildman–Crippen MR) is 58.0 cm³/mol. The van der Waals surface area contributed by atoms with Crippen molar-refractivity contribution in [3.8, 4) is 0 Å². The number of nitrogens with zero attached hydrogens (tertiary/aromatic N) is 3. The summed E-state index contributed by atoms with van der Waals surface area (Å²) in [6.07, 6.45) is 0.110. The van der Waals surface area contributed by atoms with Crippen LogP contribution in [0.5, 0.6) is 0 Å². The third kappa shape index (κ3) is 1.49. The van der Waals surface area contributed by atoms with Gasteiger partial charge in [-0.25, -0.2) is 9.79 Å². The zero-order valence-electron chi connectivity index (χ0n) is 8.38. The zero-order chi connectivity index (χ0) is 11.9. The number of aliphatic imine (C=N–C) groups is 1. The Balaban J connectivity index is 2.31. The first kappa shape index (κ1) is 11.1. The summed E-state index contributed by atoms with van der Waals surface area (Å²) in [5.74, 6) is -0.437. The van der Waals surface area contributed by atoms with E-state index >= 15 is 0 Å². The van der Waals surface area contributed by atoms with Crippen LogP contribution in [0.25, 0.3) is 0 Å². The maximum Gasteiger partial charge on any atom is 0.325 e. The van der Waals surface area contributed by atoms with Gasteiger partial charge < -0.3 is 14.6 Å². The Morgan fingerprint density at radius 2 is 2.25 bits per heavy atom. The van der Waals surface area contributed by atoms with Gasteiger partial charge >= 0.3 is 6.03 Å². The van der Waals surface area contributed by atoms with Gasteiger partial charge in [0.2, 0.25) is 0 Å². The Hall–Kier alpha value is -1.44. The molecule has 86 valence electrons. The number of hydrogen-bond acceptors (Lipinski definition) is 5. The van der Waals surface area contributed by atoms with Crippen LogP contribution in [0.15, 0.2) is 4.99 Å². The Kier molecular flexibility index (Phi) is 2.66. The molecule has 0 aromatic heterocycles. The molecule has 0 bridgehead atoms. The molecular formula is C8H9BrN4O3. The van der Waals surface area contributed by atoms with E-state index in [1.165, 1.54) is 9.80 Å². The summed E-state index contributed by atoms with van der Waals surface area (Å²) in [6, 6.07) is -1.12. The van der Waals surface area contributed by atoms with Crippen molar-refractivity contribution in [2.75, 3.05) is 13.6 Å². The lowest BCUT2D eigenvalue weighted by Gasteiger charge is -2.35. The van der Waals surface area contributed by atoms with Crippen molar-refractivity contribution in [2.45, 2.75) is 12.2 Å². The van der Waals surface area contributed by atoms with Gasteiger partial charge in [-0.2, -0.15) is 0 Å². The van der Waals surface area contributed by atoms with Crippen molar-refractivity contribution >= 4 is 38.9 Å². The lowest BCUT2D eigenvalue weighted by Crippen LogP contribution is -2.63. The number of urea groups is 1. The molecule has 16 heavy (non-hydrogen) atoms. The molecule has 1 saturated heterocycles. The second-order valence-corrected chi connectivity index (χ2v) is 4.19. The van der Waals surface area contributed by atoms with E-state index in [1.54, 1.807) is 7.05 Å². The topological polar surface area (TPSA) is 82.1 Å². The van der Waals surface area contributed by atoms with E-state index in [2.05, 4.69) is 26.2 Å². The van der Waals surface area contributed by atoms with Gasteiger partial charge in [-0.05, 0) is 15.9 Å². The minimum Gasteiger partial charge on any atom is -0.328 e. The third-order valence-electron chi connectivity index (χ3n) is 2.58. The van der Waals surface area contributed by atoms with Gasteiger partial charge in [0.25, 0.3) is 5.91 Å². The monoisotopic (exact) mass is 288 g/mol. The van der Waals surface area contributed by atoms with Gasteiger partial charge in [-0.1, -0.05) is 0 Å². The van der Waals surface area contributed by atoms with E-state index in [9.17, 15) is 14.4 Å². The number of amides is 3. The van der Waals surface area contributed by atoms with Gasteiger partial charge in [0, 0.05) is 7.05 Å². The van der Waals surface area contributed by atoms with E-state index in [-0.39, 0.29) is 6.54 Å². The SMILES string of the molecule is CN1C(=O)NC(=O)C2C1N=C(Br)N2CC=O. The molecule has 0 aromatic carbocycles. The van der Waals surface area contributed by atoms with Crippen molar-refractivity contribution < 1.29 is 14.4 Å². The molecule has 1 N–H and O–H groups in total. The summed E-state index contributed by atoms with van der Waals surface area (Å²) in [7, 11) is 1.55. The summed E-state index contributed by atoms with van der Waals surface area (Å²) in [5.41, 5.74) is 0. The molecule has 0 spiro atoms. The van der Waals surface area contributed by atoms with Gasteiger partial charge in [0.05, 0.1) is 6.54 Å². The van der Waals surface area contributed by atoms with Crippen molar-refractivity contribution in [1.29, 1.82) is 0 Å². The summed E-state index contributed by atoms with van der Waals surface area (Å²) in [6.45, 7) is 0.0563. The number of hydrogen-bond donors (Lipinski definition) is 1. The smallest absolute Gasteiger partial charge is 0.325 e. The largest absolute Gasteiger partial charge is 0.328 e. The van der Waals surface area contributed by atoms with Crippen LogP contribution in [0.4, 0.5) is 4.79 Å². The number of likely N-dealkylation sites (N-methyl/N-ethyl adjacent to an activating group) is 1. The van der Waals surface area contributed by atoms with Crippen LogP contribution in [-0.4, -0.2) is 58.6 Å². The number of carbonyl (C=O) groups is 3. The normalized spacial score (nSPS) is 28.8. The Bertz CT molecular complexity index is 397. The van der Waals surface area contributed by atoms with E-state index in [0.717, 1.165) is 0 Å². The first-order valence-corrected chi connectivity index (χ1v) is 5.37. The first-order valence-electron chi connectivity index (χ1n) is 4.57. The van der Waals surface area contributed by atoms with Crippen LogP contribution in [0, 0.1) is 0 Å². The molecule has 7 nitrogen and oxygen atoms in total. The quantitative estimate of drug-likeness (QED) is 0.529. The predicted octanol–water partition coefficient (Wildman–Crippen LogP) is -0.872. The molecule has 2 atom stereocenters. The average Bonchev–Trinajstić information content (AvgIpc) is 2.54. The number of halogens is 1. The standard InChI is InChI=1S/C8H9BrN4O3/c1-12-5-4(6(15)11-8(12)16)13(2-3-14)7(9)10-5/h3-5H,2H2,1H3,(H,11,15,16).